The van der Waals surface area contributed by atoms with Gasteiger partial charge in [-0.05, 0) is 55.5 Å². The van der Waals surface area contributed by atoms with Crippen LogP contribution in [0.4, 0.5) is 0 Å². The summed E-state index contributed by atoms with van der Waals surface area (Å²) in [7, 11) is -3.72. The summed E-state index contributed by atoms with van der Waals surface area (Å²) in [6, 6.07) is 12.6. The predicted octanol–water partition coefficient (Wildman–Crippen LogP) is 3.47. The Morgan fingerprint density at radius 3 is 2.04 bits per heavy atom. The van der Waals surface area contributed by atoms with Crippen molar-refractivity contribution in [3.8, 4) is 11.5 Å². The first kappa shape index (κ1) is 17.3. The van der Waals surface area contributed by atoms with Gasteiger partial charge in [-0.25, -0.2) is 8.42 Å². The zero-order valence-electron chi connectivity index (χ0n) is 12.4. The number of carbonyl (C=O) groups is 1. The Bertz CT molecular complexity index is 767. The van der Waals surface area contributed by atoms with E-state index in [9.17, 15) is 13.2 Å². The van der Waals surface area contributed by atoms with E-state index in [2.05, 4.69) is 4.74 Å². The molecule has 0 saturated heterocycles. The van der Waals surface area contributed by atoms with Crippen LogP contribution < -0.4 is 4.74 Å². The Balaban J connectivity index is 2.09. The number of rotatable bonds is 6. The Kier molecular flexibility index (Phi) is 5.63. The molecule has 122 valence electrons. The summed E-state index contributed by atoms with van der Waals surface area (Å²) < 4.78 is 34.4. The molecule has 5 nitrogen and oxygen atoms in total. The summed E-state index contributed by atoms with van der Waals surface area (Å²) in [4.78, 5) is 11.4. The van der Waals surface area contributed by atoms with Crippen molar-refractivity contribution in [1.82, 2.24) is 0 Å². The molecule has 0 bridgehead atoms. The Hall–Kier alpha value is -2.05. The van der Waals surface area contributed by atoms with Crippen molar-refractivity contribution in [2.24, 2.45) is 0 Å². The monoisotopic (exact) mass is 354 g/mol. The van der Waals surface area contributed by atoms with E-state index in [1.807, 2.05) is 0 Å². The molecular weight excluding hydrogens is 340 g/mol. The molecule has 23 heavy (non-hydrogen) atoms. The van der Waals surface area contributed by atoms with E-state index in [-0.39, 0.29) is 11.5 Å². The smallest absolute Gasteiger partial charge is 0.321 e. The Labute approximate surface area is 139 Å². The largest absolute Gasteiger partial charge is 0.465 e. The van der Waals surface area contributed by atoms with Crippen LogP contribution in [0.5, 0.6) is 11.5 Å². The number of carbonyl (C=O) groups excluding carboxylic acids is 1. The third-order valence-corrected chi connectivity index (χ3v) is 4.70. The first-order valence-electron chi connectivity index (χ1n) is 6.82. The average Bonchev–Trinajstić information content (AvgIpc) is 2.50. The molecule has 0 aromatic heterocycles. The van der Waals surface area contributed by atoms with Gasteiger partial charge < -0.3 is 9.47 Å². The third-order valence-electron chi connectivity index (χ3n) is 2.85. The van der Waals surface area contributed by atoms with Crippen molar-refractivity contribution >= 4 is 27.4 Å². The molecule has 0 radical (unpaired) electrons. The van der Waals surface area contributed by atoms with E-state index in [4.69, 9.17) is 16.3 Å². The van der Waals surface area contributed by atoms with Crippen LogP contribution in [0.2, 0.25) is 5.02 Å². The minimum Gasteiger partial charge on any atom is -0.465 e. The molecule has 0 heterocycles. The molecule has 7 heteroatoms. The van der Waals surface area contributed by atoms with Crippen molar-refractivity contribution in [3.63, 3.8) is 0 Å². The van der Waals surface area contributed by atoms with Crippen molar-refractivity contribution < 1.29 is 22.7 Å². The van der Waals surface area contributed by atoms with Crippen molar-refractivity contribution in [2.45, 2.75) is 11.8 Å². The zero-order chi connectivity index (χ0) is 16.9. The number of sulfone groups is 1. The highest BCUT2D eigenvalue weighted by atomic mass is 35.5. The molecule has 0 unspecified atom stereocenters. The molecule has 0 atom stereocenters. The van der Waals surface area contributed by atoms with Crippen LogP contribution >= 0.6 is 11.6 Å². The fourth-order valence-corrected chi connectivity index (χ4v) is 3.03. The second-order valence-electron chi connectivity index (χ2n) is 4.59. The summed E-state index contributed by atoms with van der Waals surface area (Å²) in [6.07, 6.45) is 0. The highest BCUT2D eigenvalue weighted by molar-refractivity contribution is 7.92. The molecule has 0 aliphatic rings. The molecule has 0 aliphatic heterocycles. The molecule has 0 spiro atoms. The van der Waals surface area contributed by atoms with Gasteiger partial charge in [0.25, 0.3) is 0 Å². The normalized spacial score (nSPS) is 11.0. The van der Waals surface area contributed by atoms with Gasteiger partial charge in [-0.3, -0.25) is 4.79 Å². The summed E-state index contributed by atoms with van der Waals surface area (Å²) in [5.74, 6) is -0.397. The minimum absolute atomic E-state index is 0.0361. The first-order valence-corrected chi connectivity index (χ1v) is 8.85. The second kappa shape index (κ2) is 7.48. The molecule has 2 rings (SSSR count). The molecule has 0 saturated carbocycles. The highest BCUT2D eigenvalue weighted by Gasteiger charge is 2.20. The van der Waals surface area contributed by atoms with Crippen molar-refractivity contribution in [3.05, 3.63) is 53.6 Å². The van der Waals surface area contributed by atoms with E-state index in [0.29, 0.717) is 16.5 Å². The maximum Gasteiger partial charge on any atom is 0.321 e. The van der Waals surface area contributed by atoms with Gasteiger partial charge in [0, 0.05) is 5.02 Å². The summed E-state index contributed by atoms with van der Waals surface area (Å²) in [5, 5.41) is 0.595. The SMILES string of the molecule is CCOC(=O)CS(=O)(=O)c1ccc(Oc2ccc(Cl)cc2)cc1. The lowest BCUT2D eigenvalue weighted by atomic mass is 10.3. The number of benzene rings is 2. The molecule has 2 aromatic carbocycles. The average molecular weight is 355 g/mol. The van der Waals surface area contributed by atoms with Gasteiger partial charge in [-0.2, -0.15) is 0 Å². The Morgan fingerprint density at radius 2 is 1.52 bits per heavy atom. The lowest BCUT2D eigenvalue weighted by molar-refractivity contribution is -0.139. The predicted molar refractivity (Wildman–Crippen MR) is 86.7 cm³/mol. The lowest BCUT2D eigenvalue weighted by Gasteiger charge is -2.08. The van der Waals surface area contributed by atoms with Crippen LogP contribution in [0.25, 0.3) is 0 Å². The van der Waals surface area contributed by atoms with Gasteiger partial charge >= 0.3 is 5.97 Å². The Morgan fingerprint density at radius 1 is 1.00 bits per heavy atom. The van der Waals surface area contributed by atoms with Gasteiger partial charge in [0.15, 0.2) is 15.6 Å². The van der Waals surface area contributed by atoms with Gasteiger partial charge in [-0.15, -0.1) is 0 Å². The van der Waals surface area contributed by atoms with Crippen LogP contribution in [-0.4, -0.2) is 26.7 Å². The zero-order valence-corrected chi connectivity index (χ0v) is 13.9. The summed E-state index contributed by atoms with van der Waals surface area (Å²) >= 11 is 5.79. The van der Waals surface area contributed by atoms with E-state index in [1.54, 1.807) is 31.2 Å². The number of ether oxygens (including phenoxy) is 2. The topological polar surface area (TPSA) is 69.7 Å². The van der Waals surface area contributed by atoms with E-state index in [0.717, 1.165) is 0 Å². The van der Waals surface area contributed by atoms with Crippen LogP contribution in [0.1, 0.15) is 6.92 Å². The molecule has 0 fully saturated rings. The van der Waals surface area contributed by atoms with E-state index in [1.165, 1.54) is 24.3 Å². The van der Waals surface area contributed by atoms with Gasteiger partial charge in [-0.1, -0.05) is 11.6 Å². The van der Waals surface area contributed by atoms with E-state index < -0.39 is 21.6 Å². The fraction of sp³-hybridized carbons (Fsp3) is 0.188. The molecule has 0 N–H and O–H groups in total. The number of esters is 1. The van der Waals surface area contributed by atoms with Crippen LogP contribution in [0.15, 0.2) is 53.4 Å². The number of hydrogen-bond donors (Lipinski definition) is 0. The summed E-state index contributed by atoms with van der Waals surface area (Å²) in [5.41, 5.74) is 0. The first-order chi connectivity index (χ1) is 10.9. The number of halogens is 1. The highest BCUT2D eigenvalue weighted by Crippen LogP contribution is 2.24. The van der Waals surface area contributed by atoms with Gasteiger partial charge in [0.1, 0.15) is 11.5 Å². The van der Waals surface area contributed by atoms with Crippen molar-refractivity contribution in [2.75, 3.05) is 12.4 Å². The third kappa shape index (κ3) is 4.97. The van der Waals surface area contributed by atoms with Crippen molar-refractivity contribution in [1.29, 1.82) is 0 Å². The van der Waals surface area contributed by atoms with Gasteiger partial charge in [0.05, 0.1) is 11.5 Å². The lowest BCUT2D eigenvalue weighted by Crippen LogP contribution is -2.18. The van der Waals surface area contributed by atoms with Gasteiger partial charge in [0.2, 0.25) is 0 Å². The maximum absolute atomic E-state index is 12.1. The van der Waals surface area contributed by atoms with Crippen LogP contribution in [0, 0.1) is 0 Å². The van der Waals surface area contributed by atoms with E-state index >= 15 is 0 Å². The molecule has 0 amide bonds. The quantitative estimate of drug-likeness (QED) is 0.743. The number of hydrogen-bond acceptors (Lipinski definition) is 5. The van der Waals surface area contributed by atoms with Crippen LogP contribution in [0.3, 0.4) is 0 Å². The minimum atomic E-state index is -3.72. The van der Waals surface area contributed by atoms with Crippen LogP contribution in [-0.2, 0) is 19.4 Å². The second-order valence-corrected chi connectivity index (χ2v) is 7.02. The fourth-order valence-electron chi connectivity index (χ4n) is 1.79. The molecular formula is C16H15ClO5S. The molecule has 2 aromatic rings. The maximum atomic E-state index is 12.1. The standard InChI is InChI=1S/C16H15ClO5S/c1-2-21-16(18)11-23(19,20)15-9-7-14(8-10-15)22-13-5-3-12(17)4-6-13/h3-10H,2,11H2,1H3. The molecule has 0 aliphatic carbocycles. The summed E-state index contributed by atoms with van der Waals surface area (Å²) in [6.45, 7) is 1.76.